The van der Waals surface area contributed by atoms with Crippen LogP contribution < -0.4 is 0 Å². The molecule has 1 aliphatic rings. The first-order chi connectivity index (χ1) is 7.36. The van der Waals surface area contributed by atoms with Crippen molar-refractivity contribution in [3.63, 3.8) is 0 Å². The second-order valence-corrected chi connectivity index (χ2v) is 4.10. The van der Waals surface area contributed by atoms with Crippen LogP contribution in [0.25, 0.3) is 0 Å². The normalized spacial score (nSPS) is 23.7. The highest BCUT2D eigenvalue weighted by Crippen LogP contribution is 2.17. The predicted octanol–water partition coefficient (Wildman–Crippen LogP) is 2.68. The molecule has 1 fully saturated rings. The monoisotopic (exact) mass is 214 g/mol. The lowest BCUT2D eigenvalue weighted by Crippen LogP contribution is -2.28. The van der Waals surface area contributed by atoms with Gasteiger partial charge in [-0.15, -0.1) is 0 Å². The molecule has 15 heavy (non-hydrogen) atoms. The van der Waals surface area contributed by atoms with Gasteiger partial charge in [-0.2, -0.15) is 0 Å². The number of hydrogen-bond donors (Lipinski definition) is 0. The van der Waals surface area contributed by atoms with E-state index in [0.29, 0.717) is 0 Å². The topological polar surface area (TPSA) is 35.5 Å². The van der Waals surface area contributed by atoms with Crippen LogP contribution in [0, 0.1) is 0 Å². The summed E-state index contributed by atoms with van der Waals surface area (Å²) in [5.74, 6) is 0. The van der Waals surface area contributed by atoms with Crippen molar-refractivity contribution >= 4 is 6.29 Å². The molecular weight excluding hydrogens is 192 g/mol. The van der Waals surface area contributed by atoms with Crippen molar-refractivity contribution in [3.05, 3.63) is 0 Å². The summed E-state index contributed by atoms with van der Waals surface area (Å²) < 4.78 is 11.0. The molecule has 2 atom stereocenters. The second kappa shape index (κ2) is 7.83. The van der Waals surface area contributed by atoms with Crippen molar-refractivity contribution in [2.24, 2.45) is 0 Å². The summed E-state index contributed by atoms with van der Waals surface area (Å²) in [4.78, 5) is 10.8. The van der Waals surface area contributed by atoms with Crippen molar-refractivity contribution in [2.75, 3.05) is 6.61 Å². The molecule has 0 aromatic carbocycles. The van der Waals surface area contributed by atoms with Gasteiger partial charge in [0, 0.05) is 6.61 Å². The zero-order valence-electron chi connectivity index (χ0n) is 9.61. The van der Waals surface area contributed by atoms with Crippen molar-refractivity contribution in [3.8, 4) is 0 Å². The molecule has 2 unspecified atom stereocenters. The molecule has 0 bridgehead atoms. The van der Waals surface area contributed by atoms with E-state index in [9.17, 15) is 4.79 Å². The first-order valence-electron chi connectivity index (χ1n) is 6.09. The van der Waals surface area contributed by atoms with E-state index in [0.717, 1.165) is 45.0 Å². The van der Waals surface area contributed by atoms with Crippen LogP contribution in [0.5, 0.6) is 0 Å². The van der Waals surface area contributed by atoms with Crippen molar-refractivity contribution in [1.82, 2.24) is 0 Å². The molecule has 3 nitrogen and oxygen atoms in total. The van der Waals surface area contributed by atoms with Gasteiger partial charge in [0.15, 0.2) is 6.29 Å². The summed E-state index contributed by atoms with van der Waals surface area (Å²) in [6, 6.07) is 0. The van der Waals surface area contributed by atoms with Crippen LogP contribution in [-0.2, 0) is 14.3 Å². The highest BCUT2D eigenvalue weighted by Gasteiger charge is 2.18. The fraction of sp³-hybridized carbons (Fsp3) is 0.917. The maximum atomic E-state index is 10.8. The van der Waals surface area contributed by atoms with Crippen molar-refractivity contribution in [2.45, 2.75) is 64.3 Å². The Bertz CT molecular complexity index is 164. The van der Waals surface area contributed by atoms with Gasteiger partial charge in [-0.1, -0.05) is 26.2 Å². The fourth-order valence-corrected chi connectivity index (χ4v) is 1.78. The highest BCUT2D eigenvalue weighted by atomic mass is 16.7. The minimum absolute atomic E-state index is 0.143. The molecule has 0 spiro atoms. The molecule has 1 saturated heterocycles. The smallest absolute Gasteiger partial charge is 0.158 e. The molecule has 88 valence electrons. The van der Waals surface area contributed by atoms with E-state index in [2.05, 4.69) is 6.92 Å². The number of carbonyl (C=O) groups is 1. The maximum Gasteiger partial charge on any atom is 0.158 e. The fourth-order valence-electron chi connectivity index (χ4n) is 1.78. The summed E-state index contributed by atoms with van der Waals surface area (Å²) in [7, 11) is 0. The minimum atomic E-state index is -0.264. The maximum absolute atomic E-state index is 10.8. The van der Waals surface area contributed by atoms with E-state index in [4.69, 9.17) is 9.47 Å². The molecule has 1 rings (SSSR count). The van der Waals surface area contributed by atoms with Crippen LogP contribution >= 0.6 is 0 Å². The average molecular weight is 214 g/mol. The highest BCUT2D eigenvalue weighted by molar-refractivity contribution is 5.55. The Balaban J connectivity index is 2.16. The third-order valence-electron chi connectivity index (χ3n) is 2.71. The Morgan fingerprint density at radius 2 is 2.33 bits per heavy atom. The molecule has 0 N–H and O–H groups in total. The summed E-state index contributed by atoms with van der Waals surface area (Å²) in [6.07, 6.45) is 7.92. The third-order valence-corrected chi connectivity index (χ3v) is 2.71. The van der Waals surface area contributed by atoms with E-state index >= 15 is 0 Å². The van der Waals surface area contributed by atoms with Crippen molar-refractivity contribution < 1.29 is 14.3 Å². The number of aldehydes is 1. The number of rotatable bonds is 7. The summed E-state index contributed by atoms with van der Waals surface area (Å²) in [5, 5.41) is 0. The van der Waals surface area contributed by atoms with Gasteiger partial charge in [0.05, 0.1) is 0 Å². The predicted molar refractivity (Wildman–Crippen MR) is 58.7 cm³/mol. The van der Waals surface area contributed by atoms with Crippen LogP contribution in [0.2, 0.25) is 0 Å². The summed E-state index contributed by atoms with van der Waals surface area (Å²) in [6.45, 7) is 2.92. The minimum Gasteiger partial charge on any atom is -0.353 e. The van der Waals surface area contributed by atoms with Gasteiger partial charge in [0.2, 0.25) is 0 Å². The Morgan fingerprint density at radius 3 is 2.93 bits per heavy atom. The van der Waals surface area contributed by atoms with Gasteiger partial charge in [-0.3, -0.25) is 0 Å². The number of carbonyl (C=O) groups excluding carboxylic acids is 1. The van der Waals surface area contributed by atoms with Gasteiger partial charge >= 0.3 is 0 Å². The number of ether oxygens (including phenoxy) is 2. The Morgan fingerprint density at radius 1 is 1.47 bits per heavy atom. The summed E-state index contributed by atoms with van der Waals surface area (Å²) >= 11 is 0. The first-order valence-corrected chi connectivity index (χ1v) is 6.09. The Labute approximate surface area is 92.1 Å². The molecule has 1 heterocycles. The van der Waals surface area contributed by atoms with Crippen LogP contribution in [0.3, 0.4) is 0 Å². The Hall–Kier alpha value is -0.410. The van der Waals surface area contributed by atoms with E-state index < -0.39 is 0 Å². The van der Waals surface area contributed by atoms with Gasteiger partial charge in [0.25, 0.3) is 0 Å². The zero-order chi connectivity index (χ0) is 10.9. The quantitative estimate of drug-likeness (QED) is 0.483. The standard InChI is InChI=1S/C12H22O3/c1-2-3-4-7-11(10-13)15-12-8-5-6-9-14-12/h10-12H,2-9H2,1H3. The molecule has 0 aromatic heterocycles. The van der Waals surface area contributed by atoms with Gasteiger partial charge in [0.1, 0.15) is 12.4 Å². The van der Waals surface area contributed by atoms with Crippen LogP contribution in [0.1, 0.15) is 51.9 Å². The number of unbranched alkanes of at least 4 members (excludes halogenated alkanes) is 2. The van der Waals surface area contributed by atoms with Gasteiger partial charge < -0.3 is 14.3 Å². The van der Waals surface area contributed by atoms with Crippen LogP contribution in [0.15, 0.2) is 0 Å². The van der Waals surface area contributed by atoms with E-state index in [1.165, 1.54) is 12.8 Å². The SMILES string of the molecule is CCCCCC(C=O)OC1CCCCO1. The van der Waals surface area contributed by atoms with Crippen molar-refractivity contribution in [1.29, 1.82) is 0 Å². The molecule has 0 radical (unpaired) electrons. The lowest BCUT2D eigenvalue weighted by atomic mass is 10.1. The molecule has 1 aliphatic heterocycles. The molecule has 0 amide bonds. The van der Waals surface area contributed by atoms with Crippen LogP contribution in [-0.4, -0.2) is 25.3 Å². The third kappa shape index (κ3) is 5.28. The first kappa shape index (κ1) is 12.7. The summed E-state index contributed by atoms with van der Waals surface area (Å²) in [5.41, 5.74) is 0. The number of hydrogen-bond acceptors (Lipinski definition) is 3. The van der Waals surface area contributed by atoms with E-state index in [1.54, 1.807) is 0 Å². The largest absolute Gasteiger partial charge is 0.353 e. The second-order valence-electron chi connectivity index (χ2n) is 4.10. The lowest BCUT2D eigenvalue weighted by Gasteiger charge is -2.25. The van der Waals surface area contributed by atoms with Gasteiger partial charge in [-0.25, -0.2) is 0 Å². The molecule has 0 aromatic rings. The van der Waals surface area contributed by atoms with E-state index in [-0.39, 0.29) is 12.4 Å². The van der Waals surface area contributed by atoms with Crippen LogP contribution in [0.4, 0.5) is 0 Å². The molecule has 3 heteroatoms. The molecule has 0 aliphatic carbocycles. The van der Waals surface area contributed by atoms with Gasteiger partial charge in [-0.05, 0) is 25.7 Å². The molecule has 0 saturated carbocycles. The zero-order valence-corrected chi connectivity index (χ0v) is 9.61. The Kier molecular flexibility index (Phi) is 6.60. The molecular formula is C12H22O3. The average Bonchev–Trinajstić information content (AvgIpc) is 2.29. The van der Waals surface area contributed by atoms with E-state index in [1.807, 2.05) is 0 Å². The lowest BCUT2D eigenvalue weighted by molar-refractivity contribution is -0.187.